The van der Waals surface area contributed by atoms with Crippen LogP contribution in [0.5, 0.6) is 0 Å². The molecule has 0 amide bonds. The van der Waals surface area contributed by atoms with Gasteiger partial charge >= 0.3 is 5.97 Å². The molecule has 0 spiro atoms. The molecule has 4 nitrogen and oxygen atoms in total. The Morgan fingerprint density at radius 1 is 1.28 bits per heavy atom. The van der Waals surface area contributed by atoms with Crippen LogP contribution in [0, 0.1) is 6.92 Å². The first kappa shape index (κ1) is 12.1. The lowest BCUT2D eigenvalue weighted by molar-refractivity contribution is 0.0696. The van der Waals surface area contributed by atoms with Crippen molar-refractivity contribution in [2.24, 2.45) is 0 Å². The molecule has 2 aromatic rings. The molecule has 0 unspecified atom stereocenters. The molecular formula is C14H14N2O2. The van der Waals surface area contributed by atoms with Crippen molar-refractivity contribution >= 4 is 17.3 Å². The fourth-order valence-electron chi connectivity index (χ4n) is 1.80. The van der Waals surface area contributed by atoms with Gasteiger partial charge < -0.3 is 10.0 Å². The van der Waals surface area contributed by atoms with E-state index < -0.39 is 5.97 Å². The Bertz CT molecular complexity index is 567. The highest BCUT2D eigenvalue weighted by Gasteiger charge is 2.10. The molecule has 1 aromatic heterocycles. The lowest BCUT2D eigenvalue weighted by Crippen LogP contribution is -2.10. The molecule has 0 aliphatic rings. The van der Waals surface area contributed by atoms with Crippen molar-refractivity contribution in [3.63, 3.8) is 0 Å². The third-order valence-electron chi connectivity index (χ3n) is 2.86. The Kier molecular flexibility index (Phi) is 3.28. The van der Waals surface area contributed by atoms with Gasteiger partial charge in [-0.15, -0.1) is 0 Å². The molecule has 0 radical (unpaired) electrons. The van der Waals surface area contributed by atoms with E-state index in [1.54, 1.807) is 31.5 Å². The highest BCUT2D eigenvalue weighted by molar-refractivity contribution is 5.90. The number of nitrogens with zero attached hydrogens (tertiary/aromatic N) is 2. The zero-order valence-electron chi connectivity index (χ0n) is 10.3. The van der Waals surface area contributed by atoms with Gasteiger partial charge in [0.25, 0.3) is 0 Å². The third-order valence-corrected chi connectivity index (χ3v) is 2.86. The minimum absolute atomic E-state index is 0.332. The molecule has 0 saturated carbocycles. The van der Waals surface area contributed by atoms with Crippen molar-refractivity contribution in [1.82, 2.24) is 4.98 Å². The molecule has 0 aliphatic carbocycles. The van der Waals surface area contributed by atoms with E-state index in [0.29, 0.717) is 5.56 Å². The van der Waals surface area contributed by atoms with Crippen LogP contribution in [0.15, 0.2) is 42.7 Å². The number of carboxylic acid groups (broad SMARTS) is 1. The molecule has 4 heteroatoms. The van der Waals surface area contributed by atoms with Gasteiger partial charge in [0.05, 0.1) is 17.4 Å². The van der Waals surface area contributed by atoms with Crippen LogP contribution >= 0.6 is 0 Å². The number of hydrogen-bond donors (Lipinski definition) is 1. The van der Waals surface area contributed by atoms with E-state index in [4.69, 9.17) is 5.11 Å². The number of rotatable bonds is 3. The number of hydrogen-bond acceptors (Lipinski definition) is 3. The van der Waals surface area contributed by atoms with Gasteiger partial charge in [0, 0.05) is 18.9 Å². The van der Waals surface area contributed by atoms with Gasteiger partial charge in [-0.1, -0.05) is 0 Å². The van der Waals surface area contributed by atoms with Gasteiger partial charge in [0.2, 0.25) is 0 Å². The largest absolute Gasteiger partial charge is 0.478 e. The molecular weight excluding hydrogens is 228 g/mol. The predicted octanol–water partition coefficient (Wildman–Crippen LogP) is 2.86. The topological polar surface area (TPSA) is 53.4 Å². The lowest BCUT2D eigenvalue weighted by Gasteiger charge is -2.19. The summed E-state index contributed by atoms with van der Waals surface area (Å²) in [5.41, 5.74) is 2.97. The number of carboxylic acids is 1. The van der Waals surface area contributed by atoms with E-state index in [9.17, 15) is 4.79 Å². The van der Waals surface area contributed by atoms with Gasteiger partial charge in [0.15, 0.2) is 0 Å². The van der Waals surface area contributed by atoms with Crippen LogP contribution in [0.1, 0.15) is 15.9 Å². The van der Waals surface area contributed by atoms with Crippen LogP contribution in [0.25, 0.3) is 0 Å². The van der Waals surface area contributed by atoms with Crippen LogP contribution in [0.4, 0.5) is 11.4 Å². The van der Waals surface area contributed by atoms with E-state index in [2.05, 4.69) is 4.98 Å². The van der Waals surface area contributed by atoms with Crippen LogP contribution in [0.3, 0.4) is 0 Å². The Hall–Kier alpha value is -2.36. The number of anilines is 2. The summed E-state index contributed by atoms with van der Waals surface area (Å²) in [5, 5.41) is 8.99. The smallest absolute Gasteiger partial charge is 0.335 e. The van der Waals surface area contributed by atoms with Crippen LogP contribution in [0.2, 0.25) is 0 Å². The summed E-state index contributed by atoms with van der Waals surface area (Å²) in [4.78, 5) is 17.0. The van der Waals surface area contributed by atoms with Gasteiger partial charge in [0.1, 0.15) is 0 Å². The SMILES string of the molecule is Cc1cc(N(C)c2cccnc2)ccc1C(=O)O. The van der Waals surface area contributed by atoms with Crippen molar-refractivity contribution in [3.8, 4) is 0 Å². The summed E-state index contributed by atoms with van der Waals surface area (Å²) in [5.74, 6) is -0.900. The molecule has 1 heterocycles. The maximum absolute atomic E-state index is 10.9. The summed E-state index contributed by atoms with van der Waals surface area (Å²) in [6, 6.07) is 9.09. The van der Waals surface area contributed by atoms with Crippen molar-refractivity contribution in [3.05, 3.63) is 53.9 Å². The van der Waals surface area contributed by atoms with Crippen molar-refractivity contribution in [2.75, 3.05) is 11.9 Å². The highest BCUT2D eigenvalue weighted by Crippen LogP contribution is 2.24. The van der Waals surface area contributed by atoms with Crippen molar-refractivity contribution < 1.29 is 9.90 Å². The monoisotopic (exact) mass is 242 g/mol. The minimum Gasteiger partial charge on any atom is -0.478 e. The second-order valence-corrected chi connectivity index (χ2v) is 4.07. The van der Waals surface area contributed by atoms with E-state index >= 15 is 0 Å². The van der Waals surface area contributed by atoms with Gasteiger partial charge in [-0.25, -0.2) is 4.79 Å². The zero-order chi connectivity index (χ0) is 13.1. The number of aromatic nitrogens is 1. The maximum Gasteiger partial charge on any atom is 0.335 e. The molecule has 0 atom stereocenters. The van der Waals surface area contributed by atoms with Crippen LogP contribution in [-0.2, 0) is 0 Å². The van der Waals surface area contributed by atoms with E-state index in [-0.39, 0.29) is 0 Å². The molecule has 0 saturated heterocycles. The Balaban J connectivity index is 2.35. The van der Waals surface area contributed by atoms with Gasteiger partial charge in [-0.2, -0.15) is 0 Å². The van der Waals surface area contributed by atoms with Gasteiger partial charge in [-0.3, -0.25) is 4.98 Å². The van der Waals surface area contributed by atoms with E-state index in [1.165, 1.54) is 0 Å². The van der Waals surface area contributed by atoms with E-state index in [1.807, 2.05) is 30.1 Å². The zero-order valence-corrected chi connectivity index (χ0v) is 10.3. The average Bonchev–Trinajstić information content (AvgIpc) is 2.38. The summed E-state index contributed by atoms with van der Waals surface area (Å²) in [6.45, 7) is 1.80. The second kappa shape index (κ2) is 4.87. The normalized spacial score (nSPS) is 10.1. The Labute approximate surface area is 106 Å². The fraction of sp³-hybridized carbons (Fsp3) is 0.143. The Morgan fingerprint density at radius 2 is 2.06 bits per heavy atom. The molecule has 0 aliphatic heterocycles. The summed E-state index contributed by atoms with van der Waals surface area (Å²) >= 11 is 0. The average molecular weight is 242 g/mol. The summed E-state index contributed by atoms with van der Waals surface area (Å²) in [6.07, 6.45) is 3.48. The van der Waals surface area contributed by atoms with Crippen LogP contribution < -0.4 is 4.90 Å². The molecule has 0 fully saturated rings. The number of aromatic carboxylic acids is 1. The fourth-order valence-corrected chi connectivity index (χ4v) is 1.80. The number of benzene rings is 1. The number of aryl methyl sites for hydroxylation is 1. The standard InChI is InChI=1S/C14H14N2O2/c1-10-8-11(5-6-13(10)14(17)18)16(2)12-4-3-7-15-9-12/h3-9H,1-2H3,(H,17,18). The quantitative estimate of drug-likeness (QED) is 0.899. The second-order valence-electron chi connectivity index (χ2n) is 4.07. The summed E-state index contributed by atoms with van der Waals surface area (Å²) in [7, 11) is 1.92. The van der Waals surface area contributed by atoms with Crippen molar-refractivity contribution in [1.29, 1.82) is 0 Å². The molecule has 0 bridgehead atoms. The molecule has 1 N–H and O–H groups in total. The van der Waals surface area contributed by atoms with Crippen molar-refractivity contribution in [2.45, 2.75) is 6.92 Å². The molecule has 1 aromatic carbocycles. The van der Waals surface area contributed by atoms with Gasteiger partial charge in [-0.05, 0) is 42.8 Å². The van der Waals surface area contributed by atoms with E-state index in [0.717, 1.165) is 16.9 Å². The molecule has 18 heavy (non-hydrogen) atoms. The lowest BCUT2D eigenvalue weighted by atomic mass is 10.1. The first-order valence-corrected chi connectivity index (χ1v) is 5.57. The predicted molar refractivity (Wildman–Crippen MR) is 70.4 cm³/mol. The number of carbonyl (C=O) groups is 1. The maximum atomic E-state index is 10.9. The first-order valence-electron chi connectivity index (χ1n) is 5.57. The molecule has 2 rings (SSSR count). The number of pyridine rings is 1. The highest BCUT2D eigenvalue weighted by atomic mass is 16.4. The third kappa shape index (κ3) is 2.32. The summed E-state index contributed by atoms with van der Waals surface area (Å²) < 4.78 is 0. The van der Waals surface area contributed by atoms with Crippen LogP contribution in [-0.4, -0.2) is 23.1 Å². The Morgan fingerprint density at radius 3 is 2.61 bits per heavy atom. The molecule has 92 valence electrons. The first-order chi connectivity index (χ1) is 8.59. The minimum atomic E-state index is -0.900.